The molecule has 0 spiro atoms. The summed E-state index contributed by atoms with van der Waals surface area (Å²) in [6, 6.07) is 3.35. The van der Waals surface area contributed by atoms with Crippen LogP contribution in [0.3, 0.4) is 0 Å². The summed E-state index contributed by atoms with van der Waals surface area (Å²) in [4.78, 5) is 6.08. The number of anilines is 2. The van der Waals surface area contributed by atoms with Gasteiger partial charge in [0.2, 0.25) is 0 Å². The van der Waals surface area contributed by atoms with Gasteiger partial charge >= 0.3 is 12.4 Å². The van der Waals surface area contributed by atoms with Crippen molar-refractivity contribution >= 4 is 28.8 Å². The van der Waals surface area contributed by atoms with E-state index in [0.29, 0.717) is 12.3 Å². The quantitative estimate of drug-likeness (QED) is 0.189. The summed E-state index contributed by atoms with van der Waals surface area (Å²) in [6.07, 6.45) is -8.54. The van der Waals surface area contributed by atoms with Gasteiger partial charge in [0.05, 0.1) is 21.8 Å². The molecular formula is C15H11ClF6N6. The molecule has 0 amide bonds. The number of rotatable bonds is 6. The predicted molar refractivity (Wildman–Crippen MR) is 91.5 cm³/mol. The van der Waals surface area contributed by atoms with Crippen molar-refractivity contribution in [2.45, 2.75) is 12.4 Å². The fourth-order valence-electron chi connectivity index (χ4n) is 2.09. The molecule has 0 unspecified atom stereocenters. The number of alkyl halides is 6. The van der Waals surface area contributed by atoms with Gasteiger partial charge in [-0.2, -0.15) is 26.3 Å². The Bertz CT molecular complexity index is 892. The van der Waals surface area contributed by atoms with Crippen LogP contribution >= 0.6 is 11.6 Å². The maximum absolute atomic E-state index is 12.7. The molecule has 6 nitrogen and oxygen atoms in total. The molecule has 1 heterocycles. The van der Waals surface area contributed by atoms with Gasteiger partial charge < -0.3 is 10.6 Å². The van der Waals surface area contributed by atoms with Gasteiger partial charge in [0.1, 0.15) is 5.82 Å². The van der Waals surface area contributed by atoms with E-state index in [-0.39, 0.29) is 35.3 Å². The van der Waals surface area contributed by atoms with Gasteiger partial charge in [-0.3, -0.25) is 0 Å². The Morgan fingerprint density at radius 2 is 1.64 bits per heavy atom. The lowest BCUT2D eigenvalue weighted by Gasteiger charge is -2.14. The third-order valence-corrected chi connectivity index (χ3v) is 3.67. The Kier molecular flexibility index (Phi) is 6.47. The summed E-state index contributed by atoms with van der Waals surface area (Å²) in [5.41, 5.74) is 6.44. The van der Waals surface area contributed by atoms with Crippen LogP contribution in [0.1, 0.15) is 11.1 Å². The summed E-state index contributed by atoms with van der Waals surface area (Å²) in [6.45, 7) is 0.243. The normalized spacial score (nSPS) is 11.7. The van der Waals surface area contributed by atoms with Crippen LogP contribution in [0.5, 0.6) is 0 Å². The number of azide groups is 1. The first-order valence-electron chi connectivity index (χ1n) is 7.49. The van der Waals surface area contributed by atoms with Crippen molar-refractivity contribution in [3.63, 3.8) is 0 Å². The van der Waals surface area contributed by atoms with E-state index in [4.69, 9.17) is 17.1 Å². The Labute approximate surface area is 159 Å². The molecule has 0 aliphatic carbocycles. The number of nitrogens with zero attached hydrogens (tertiary/aromatic N) is 4. The Balaban J connectivity index is 2.01. The van der Waals surface area contributed by atoms with Crippen molar-refractivity contribution in [1.29, 1.82) is 0 Å². The maximum atomic E-state index is 12.7. The molecule has 13 heteroatoms. The number of pyridine rings is 1. The van der Waals surface area contributed by atoms with Crippen molar-refractivity contribution in [2.24, 2.45) is 5.11 Å². The van der Waals surface area contributed by atoms with Crippen molar-refractivity contribution in [3.05, 3.63) is 57.1 Å². The summed E-state index contributed by atoms with van der Waals surface area (Å²) in [5, 5.41) is 8.43. The van der Waals surface area contributed by atoms with E-state index in [2.05, 4.69) is 25.6 Å². The largest absolute Gasteiger partial charge is 0.417 e. The Hall–Kier alpha value is -2.85. The number of benzene rings is 1. The first kappa shape index (κ1) is 21.5. The summed E-state index contributed by atoms with van der Waals surface area (Å²) in [5.74, 6) is 0.0131. The average Bonchev–Trinajstić information content (AvgIpc) is 2.59. The minimum atomic E-state index is -4.59. The lowest BCUT2D eigenvalue weighted by atomic mass is 10.1. The molecule has 150 valence electrons. The fraction of sp³-hybridized carbons (Fsp3) is 0.267. The SMILES string of the molecule is [N-]=[N+]=Nc1cc(C(F)(F)F)ccc1NCCNc1ncc(C(F)(F)F)cc1Cl. The van der Waals surface area contributed by atoms with Gasteiger partial charge in [-0.05, 0) is 29.8 Å². The molecule has 0 fully saturated rings. The highest BCUT2D eigenvalue weighted by Crippen LogP contribution is 2.35. The molecule has 2 N–H and O–H groups in total. The number of nitrogens with one attached hydrogen (secondary N) is 2. The van der Waals surface area contributed by atoms with Gasteiger partial charge in [0.25, 0.3) is 0 Å². The lowest BCUT2D eigenvalue weighted by Crippen LogP contribution is -2.15. The second-order valence-electron chi connectivity index (χ2n) is 5.32. The highest BCUT2D eigenvalue weighted by molar-refractivity contribution is 6.32. The zero-order chi connectivity index (χ0) is 20.9. The monoisotopic (exact) mass is 424 g/mol. The van der Waals surface area contributed by atoms with Crippen molar-refractivity contribution in [3.8, 4) is 0 Å². The highest BCUT2D eigenvalue weighted by atomic mass is 35.5. The maximum Gasteiger partial charge on any atom is 0.417 e. The van der Waals surface area contributed by atoms with E-state index in [1.54, 1.807) is 0 Å². The Morgan fingerprint density at radius 1 is 1.00 bits per heavy atom. The second kappa shape index (κ2) is 8.44. The van der Waals surface area contributed by atoms with Gasteiger partial charge in [0, 0.05) is 29.9 Å². The van der Waals surface area contributed by atoms with Crippen LogP contribution in [0, 0.1) is 0 Å². The second-order valence-corrected chi connectivity index (χ2v) is 5.73. The summed E-state index contributed by atoms with van der Waals surface area (Å²) < 4.78 is 75.8. The molecule has 0 bridgehead atoms. The van der Waals surface area contributed by atoms with Crippen LogP contribution in [0.15, 0.2) is 35.6 Å². The molecule has 0 aliphatic heterocycles. The van der Waals surface area contributed by atoms with E-state index in [9.17, 15) is 26.3 Å². The summed E-state index contributed by atoms with van der Waals surface area (Å²) in [7, 11) is 0. The topological polar surface area (TPSA) is 85.7 Å². The molecular weight excluding hydrogens is 414 g/mol. The minimum absolute atomic E-state index is 0.0131. The standard InChI is InChI=1S/C15H11ClF6N6/c16-10-5-9(15(20,21)22)7-26-13(10)25-4-3-24-11-2-1-8(14(17,18)19)6-12(11)27-28-23/h1-2,5-7,24H,3-4H2,(H,25,26). The van der Waals surface area contributed by atoms with Crippen LogP contribution in [0.2, 0.25) is 5.02 Å². The highest BCUT2D eigenvalue weighted by Gasteiger charge is 2.32. The zero-order valence-electron chi connectivity index (χ0n) is 13.7. The van der Waals surface area contributed by atoms with E-state index in [0.717, 1.165) is 18.2 Å². The van der Waals surface area contributed by atoms with Crippen molar-refractivity contribution in [2.75, 3.05) is 23.7 Å². The molecule has 0 atom stereocenters. The smallest absolute Gasteiger partial charge is 0.383 e. The van der Waals surface area contributed by atoms with E-state index in [1.807, 2.05) is 0 Å². The van der Waals surface area contributed by atoms with E-state index >= 15 is 0 Å². The molecule has 28 heavy (non-hydrogen) atoms. The first-order chi connectivity index (χ1) is 13.0. The third-order valence-electron chi connectivity index (χ3n) is 3.38. The molecule has 1 aromatic carbocycles. The van der Waals surface area contributed by atoms with Crippen LogP contribution < -0.4 is 10.6 Å². The van der Waals surface area contributed by atoms with E-state index < -0.39 is 23.5 Å². The van der Waals surface area contributed by atoms with Crippen molar-refractivity contribution in [1.82, 2.24) is 4.98 Å². The number of hydrogen-bond donors (Lipinski definition) is 2. The zero-order valence-corrected chi connectivity index (χ0v) is 14.5. The van der Waals surface area contributed by atoms with Crippen LogP contribution in [-0.2, 0) is 12.4 Å². The van der Waals surface area contributed by atoms with E-state index in [1.165, 1.54) is 0 Å². The van der Waals surface area contributed by atoms with Gasteiger partial charge in [-0.15, -0.1) is 0 Å². The molecule has 0 aliphatic rings. The number of hydrogen-bond acceptors (Lipinski definition) is 4. The number of halogens is 7. The van der Waals surface area contributed by atoms with Gasteiger partial charge in [-0.25, -0.2) is 4.98 Å². The van der Waals surface area contributed by atoms with Crippen LogP contribution in [0.25, 0.3) is 10.4 Å². The van der Waals surface area contributed by atoms with Crippen LogP contribution in [0.4, 0.5) is 43.5 Å². The molecule has 0 radical (unpaired) electrons. The van der Waals surface area contributed by atoms with Crippen LogP contribution in [-0.4, -0.2) is 18.1 Å². The van der Waals surface area contributed by atoms with Gasteiger partial charge in [-0.1, -0.05) is 16.7 Å². The van der Waals surface area contributed by atoms with Crippen molar-refractivity contribution < 1.29 is 26.3 Å². The first-order valence-corrected chi connectivity index (χ1v) is 7.87. The number of aromatic nitrogens is 1. The molecule has 0 saturated carbocycles. The molecule has 1 aromatic heterocycles. The third kappa shape index (κ3) is 5.57. The average molecular weight is 425 g/mol. The molecule has 2 rings (SSSR count). The molecule has 2 aromatic rings. The lowest BCUT2D eigenvalue weighted by molar-refractivity contribution is -0.138. The van der Waals surface area contributed by atoms with Gasteiger partial charge in [0.15, 0.2) is 0 Å². The Morgan fingerprint density at radius 3 is 2.21 bits per heavy atom. The summed E-state index contributed by atoms with van der Waals surface area (Å²) >= 11 is 5.75. The predicted octanol–water partition coefficient (Wildman–Crippen LogP) is 6.24. The minimum Gasteiger partial charge on any atom is -0.383 e. The molecule has 0 saturated heterocycles. The fourth-order valence-corrected chi connectivity index (χ4v) is 2.32.